The molecular weight excluding hydrogens is 652 g/mol. The maximum atomic E-state index is 9.91. The summed E-state index contributed by atoms with van der Waals surface area (Å²) >= 11 is 0. The quantitative estimate of drug-likeness (QED) is 0.0410. The Bertz CT molecular complexity index is 567. The average molecular weight is 729 g/mol. The molecule has 0 bridgehead atoms. The lowest BCUT2D eigenvalue weighted by Crippen LogP contribution is -2.46. The Morgan fingerprint density at radius 3 is 0.760 bits per heavy atom. The minimum absolute atomic E-state index is 0.432. The van der Waals surface area contributed by atoms with Gasteiger partial charge in [-0.3, -0.25) is 0 Å². The summed E-state index contributed by atoms with van der Waals surface area (Å²) in [5, 5.41) is 44.3. The Labute approximate surface area is 303 Å². The van der Waals surface area contributed by atoms with Crippen molar-refractivity contribution in [1.82, 2.24) is 10.0 Å². The monoisotopic (exact) mass is 729 g/mol. The fourth-order valence-electron chi connectivity index (χ4n) is 4.68. The molecule has 0 aromatic rings. The summed E-state index contributed by atoms with van der Waals surface area (Å²) in [6, 6.07) is 0. The summed E-state index contributed by atoms with van der Waals surface area (Å²) in [4.78, 5) is 0. The number of hydrogen-bond donors (Lipinski definition) is 4. The molecule has 0 heterocycles. The Hall–Kier alpha value is -0.560. The lowest BCUT2D eigenvalue weighted by atomic mass is 10.3. The van der Waals surface area contributed by atoms with Gasteiger partial charge in [0.1, 0.15) is 0 Å². The molecule has 4 unspecified atom stereocenters. The molecule has 302 valence electrons. The average Bonchev–Trinajstić information content (AvgIpc) is 3.11. The summed E-state index contributed by atoms with van der Waals surface area (Å²) in [5.74, 6) is 0. The number of rotatable bonds is 41. The Balaban J connectivity index is 5.05. The maximum absolute atomic E-state index is 9.91. The number of aliphatic hydroxyl groups is 4. The molecule has 14 heteroatoms. The van der Waals surface area contributed by atoms with E-state index in [4.69, 9.17) is 37.9 Å². The van der Waals surface area contributed by atoms with Gasteiger partial charge in [-0.05, 0) is 51.4 Å². The third-order valence-corrected chi connectivity index (χ3v) is 7.31. The van der Waals surface area contributed by atoms with Crippen molar-refractivity contribution in [3.05, 3.63) is 0 Å². The molecule has 0 saturated heterocycles. The van der Waals surface area contributed by atoms with E-state index in [0.717, 1.165) is 77.5 Å². The number of hydrazine groups is 1. The third kappa shape index (κ3) is 33.3. The van der Waals surface area contributed by atoms with Gasteiger partial charge in [-0.25, -0.2) is 10.0 Å². The SMILES string of the molecule is CCCOC(O)CCOCCCN(CCCOCCC(O)OCCC)N(CCCOCCC(O)OCCC)CCCOCCC(O)OCCC. The van der Waals surface area contributed by atoms with Crippen molar-refractivity contribution >= 4 is 0 Å². The molecule has 0 aliphatic rings. The van der Waals surface area contributed by atoms with Crippen LogP contribution in [0.25, 0.3) is 0 Å². The number of nitrogens with zero attached hydrogens (tertiary/aromatic N) is 2. The van der Waals surface area contributed by atoms with Crippen molar-refractivity contribution in [2.45, 2.75) is 130 Å². The van der Waals surface area contributed by atoms with E-state index in [1.54, 1.807) is 0 Å². The van der Waals surface area contributed by atoms with E-state index in [0.29, 0.717) is 105 Å². The molecule has 0 aromatic carbocycles. The van der Waals surface area contributed by atoms with Gasteiger partial charge in [0, 0.05) is 105 Å². The molecule has 50 heavy (non-hydrogen) atoms. The zero-order chi connectivity index (χ0) is 36.9. The van der Waals surface area contributed by atoms with Crippen LogP contribution in [0.1, 0.15) is 105 Å². The molecule has 0 aliphatic heterocycles. The van der Waals surface area contributed by atoms with Gasteiger partial charge in [0.25, 0.3) is 0 Å². The van der Waals surface area contributed by atoms with Crippen molar-refractivity contribution in [3.8, 4) is 0 Å². The van der Waals surface area contributed by atoms with Crippen LogP contribution < -0.4 is 0 Å². The predicted molar refractivity (Wildman–Crippen MR) is 192 cm³/mol. The topological polar surface area (TPSA) is 161 Å². The van der Waals surface area contributed by atoms with Gasteiger partial charge in [-0.2, -0.15) is 0 Å². The Morgan fingerprint density at radius 2 is 0.560 bits per heavy atom. The molecule has 0 aliphatic carbocycles. The van der Waals surface area contributed by atoms with Crippen LogP contribution in [-0.4, -0.2) is 161 Å². The second kappa shape index (κ2) is 38.2. The summed E-state index contributed by atoms with van der Waals surface area (Å²) in [7, 11) is 0. The number of hydrogen-bond acceptors (Lipinski definition) is 14. The normalized spacial score (nSPS) is 14.5. The fraction of sp³-hybridized carbons (Fsp3) is 1.00. The van der Waals surface area contributed by atoms with E-state index in [9.17, 15) is 20.4 Å². The van der Waals surface area contributed by atoms with E-state index in [1.165, 1.54) is 0 Å². The molecule has 0 fully saturated rings. The molecule has 0 rings (SSSR count). The molecule has 14 nitrogen and oxygen atoms in total. The van der Waals surface area contributed by atoms with Gasteiger partial charge in [-0.1, -0.05) is 27.7 Å². The van der Waals surface area contributed by atoms with Crippen LogP contribution in [0.3, 0.4) is 0 Å². The maximum Gasteiger partial charge on any atom is 0.156 e. The Morgan fingerprint density at radius 1 is 0.340 bits per heavy atom. The summed E-state index contributed by atoms with van der Waals surface area (Å²) in [6.07, 6.45) is 5.22. The van der Waals surface area contributed by atoms with Crippen LogP contribution in [0, 0.1) is 0 Å². The molecule has 0 saturated carbocycles. The van der Waals surface area contributed by atoms with Gasteiger partial charge in [0.2, 0.25) is 0 Å². The fourth-order valence-corrected chi connectivity index (χ4v) is 4.68. The molecular formula is C36H76N2O12. The largest absolute Gasteiger partial charge is 0.381 e. The standard InChI is InChI=1S/C36H76N2O12/c1-5-21-47-33(39)13-29-43-25-9-17-37(18-10-26-44-30-14-34(40)48-22-6-2)38(19-11-27-45-31-15-35(41)49-23-7-3)20-12-28-46-32-16-36(42)50-24-8-4/h33-36,39-42H,5-32H2,1-4H3. The van der Waals surface area contributed by atoms with E-state index >= 15 is 0 Å². The highest BCUT2D eigenvalue weighted by atomic mass is 16.6. The molecule has 0 aromatic heterocycles. The highest BCUT2D eigenvalue weighted by molar-refractivity contribution is 4.62. The van der Waals surface area contributed by atoms with Crippen LogP contribution in [0.2, 0.25) is 0 Å². The smallest absolute Gasteiger partial charge is 0.156 e. The molecule has 4 N–H and O–H groups in total. The van der Waals surface area contributed by atoms with Crippen LogP contribution in [0.15, 0.2) is 0 Å². The number of aliphatic hydroxyl groups excluding tert-OH is 4. The minimum Gasteiger partial charge on any atom is -0.381 e. The van der Waals surface area contributed by atoms with Crippen molar-refractivity contribution < 1.29 is 58.3 Å². The van der Waals surface area contributed by atoms with Gasteiger partial charge in [0.05, 0.1) is 26.4 Å². The summed E-state index contributed by atoms with van der Waals surface area (Å²) in [6.45, 7) is 17.2. The lowest BCUT2D eigenvalue weighted by molar-refractivity contribution is -0.115. The van der Waals surface area contributed by atoms with Crippen LogP contribution >= 0.6 is 0 Å². The first-order valence-electron chi connectivity index (χ1n) is 19.4. The second-order valence-corrected chi connectivity index (χ2v) is 12.2. The van der Waals surface area contributed by atoms with Crippen LogP contribution in [-0.2, 0) is 37.9 Å². The van der Waals surface area contributed by atoms with Crippen LogP contribution in [0.5, 0.6) is 0 Å². The second-order valence-electron chi connectivity index (χ2n) is 12.2. The summed E-state index contributed by atoms with van der Waals surface area (Å²) < 4.78 is 44.5. The van der Waals surface area contributed by atoms with E-state index in [2.05, 4.69) is 10.0 Å². The van der Waals surface area contributed by atoms with Crippen molar-refractivity contribution in [3.63, 3.8) is 0 Å². The number of ether oxygens (including phenoxy) is 8. The molecule has 0 amide bonds. The summed E-state index contributed by atoms with van der Waals surface area (Å²) in [5.41, 5.74) is 0. The lowest BCUT2D eigenvalue weighted by Gasteiger charge is -2.35. The van der Waals surface area contributed by atoms with Gasteiger partial charge < -0.3 is 58.3 Å². The molecule has 0 radical (unpaired) electrons. The highest BCUT2D eigenvalue weighted by Crippen LogP contribution is 2.08. The first-order valence-corrected chi connectivity index (χ1v) is 19.4. The first-order chi connectivity index (χ1) is 24.4. The van der Waals surface area contributed by atoms with Crippen molar-refractivity contribution in [1.29, 1.82) is 0 Å². The third-order valence-electron chi connectivity index (χ3n) is 7.31. The van der Waals surface area contributed by atoms with E-state index < -0.39 is 25.2 Å². The van der Waals surface area contributed by atoms with E-state index in [1.807, 2.05) is 27.7 Å². The van der Waals surface area contributed by atoms with Crippen molar-refractivity contribution in [2.75, 3.05) is 105 Å². The zero-order valence-corrected chi connectivity index (χ0v) is 32.1. The van der Waals surface area contributed by atoms with Gasteiger partial charge >= 0.3 is 0 Å². The highest BCUT2D eigenvalue weighted by Gasteiger charge is 2.16. The van der Waals surface area contributed by atoms with Gasteiger partial charge in [-0.15, -0.1) is 0 Å². The van der Waals surface area contributed by atoms with Crippen LogP contribution in [0.4, 0.5) is 0 Å². The predicted octanol–water partition coefficient (Wildman–Crippen LogP) is 3.67. The molecule has 4 atom stereocenters. The van der Waals surface area contributed by atoms with Crippen molar-refractivity contribution in [2.24, 2.45) is 0 Å². The Kier molecular flexibility index (Phi) is 37.7. The minimum atomic E-state index is -0.801. The van der Waals surface area contributed by atoms with E-state index in [-0.39, 0.29) is 0 Å². The van der Waals surface area contributed by atoms with Gasteiger partial charge in [0.15, 0.2) is 25.2 Å². The first kappa shape index (κ1) is 49.4. The molecule has 0 spiro atoms. The zero-order valence-electron chi connectivity index (χ0n) is 32.1.